The van der Waals surface area contributed by atoms with Crippen molar-refractivity contribution in [3.05, 3.63) is 0 Å². The van der Waals surface area contributed by atoms with Gasteiger partial charge in [-0.15, -0.1) is 0 Å². The van der Waals surface area contributed by atoms with Crippen LogP contribution in [0.2, 0.25) is 0 Å². The molecule has 0 aromatic carbocycles. The standard InChI is InChI=1S/C89H174O17P2/c1-8-9-10-11-12-13-14-15-16-17-18-19-23-26-32-37-42-49-56-63-70-86(91)99-76-84(105-88(93)72-65-58-50-43-38-33-27-24-21-20-22-25-30-35-40-46-53-60-67-80(2)3)78-103-107(95,96)101-74-83(90)75-102-108(97,98)104-79-85(77-100-87(92)71-64-57-52-45-48-55-62-69-82(6)7)106-89(94)73-66-59-51-44-39-34-29-28-31-36-41-47-54-61-68-81(4)5/h80-85,90H,8-79H2,1-7H3,(H,95,96)(H,97,98)/t83-,84-,85-/m1/s1. The lowest BCUT2D eigenvalue weighted by atomic mass is 10.0. The highest BCUT2D eigenvalue weighted by molar-refractivity contribution is 7.47. The molecule has 0 radical (unpaired) electrons. The van der Waals surface area contributed by atoms with Crippen molar-refractivity contribution in [2.75, 3.05) is 39.6 Å². The van der Waals surface area contributed by atoms with Gasteiger partial charge in [0, 0.05) is 25.7 Å². The first-order valence-corrected chi connectivity index (χ1v) is 48.8. The fourth-order valence-electron chi connectivity index (χ4n) is 13.9. The minimum atomic E-state index is -4.97. The van der Waals surface area contributed by atoms with Crippen LogP contribution in [0.1, 0.15) is 472 Å². The topological polar surface area (TPSA) is 237 Å². The molecule has 108 heavy (non-hydrogen) atoms. The predicted octanol–water partition coefficient (Wildman–Crippen LogP) is 27.3. The van der Waals surface area contributed by atoms with E-state index in [0.717, 1.165) is 108 Å². The molecule has 0 aliphatic heterocycles. The Kier molecular flexibility index (Phi) is 77.5. The molecule has 19 heteroatoms. The van der Waals surface area contributed by atoms with Crippen molar-refractivity contribution >= 4 is 39.5 Å². The number of hydrogen-bond donors (Lipinski definition) is 3. The van der Waals surface area contributed by atoms with E-state index in [9.17, 15) is 43.2 Å². The van der Waals surface area contributed by atoms with Crippen molar-refractivity contribution in [2.24, 2.45) is 17.8 Å². The largest absolute Gasteiger partial charge is 0.472 e. The number of phosphoric acid groups is 2. The molecule has 0 aromatic heterocycles. The van der Waals surface area contributed by atoms with Crippen LogP contribution in [-0.4, -0.2) is 96.7 Å². The van der Waals surface area contributed by atoms with E-state index in [1.807, 2.05) is 0 Å². The monoisotopic (exact) mass is 1580 g/mol. The number of phosphoric ester groups is 2. The van der Waals surface area contributed by atoms with Crippen molar-refractivity contribution in [3.63, 3.8) is 0 Å². The van der Waals surface area contributed by atoms with Crippen molar-refractivity contribution in [1.82, 2.24) is 0 Å². The van der Waals surface area contributed by atoms with Gasteiger partial charge in [-0.2, -0.15) is 0 Å². The molecule has 0 aliphatic carbocycles. The quantitative estimate of drug-likeness (QED) is 0.0222. The highest BCUT2D eigenvalue weighted by atomic mass is 31.2. The zero-order chi connectivity index (χ0) is 79.3. The van der Waals surface area contributed by atoms with Crippen molar-refractivity contribution in [2.45, 2.75) is 491 Å². The Labute approximate surface area is 664 Å². The normalized spacial score (nSPS) is 13.8. The zero-order valence-electron chi connectivity index (χ0n) is 71.3. The smallest absolute Gasteiger partial charge is 0.462 e. The lowest BCUT2D eigenvalue weighted by Crippen LogP contribution is -2.30. The number of rotatable bonds is 87. The van der Waals surface area contributed by atoms with Gasteiger partial charge in [0.25, 0.3) is 0 Å². The van der Waals surface area contributed by atoms with Crippen LogP contribution in [-0.2, 0) is 65.4 Å². The van der Waals surface area contributed by atoms with E-state index in [0.29, 0.717) is 31.6 Å². The Morgan fingerprint density at radius 3 is 0.630 bits per heavy atom. The summed E-state index contributed by atoms with van der Waals surface area (Å²) >= 11 is 0. The summed E-state index contributed by atoms with van der Waals surface area (Å²) in [5, 5.41) is 10.7. The highest BCUT2D eigenvalue weighted by Crippen LogP contribution is 2.45. The zero-order valence-corrected chi connectivity index (χ0v) is 73.1. The average Bonchev–Trinajstić information content (AvgIpc) is 0.903. The van der Waals surface area contributed by atoms with E-state index in [1.54, 1.807) is 0 Å². The maximum absolute atomic E-state index is 13.2. The van der Waals surface area contributed by atoms with Crippen molar-refractivity contribution in [3.8, 4) is 0 Å². The van der Waals surface area contributed by atoms with Crippen molar-refractivity contribution < 1.29 is 80.2 Å². The summed E-state index contributed by atoms with van der Waals surface area (Å²) in [7, 11) is -9.93. The Balaban J connectivity index is 5.22. The van der Waals surface area contributed by atoms with Gasteiger partial charge >= 0.3 is 39.5 Å². The molecule has 0 amide bonds. The van der Waals surface area contributed by atoms with Gasteiger partial charge in [-0.3, -0.25) is 37.3 Å². The number of hydrogen-bond acceptors (Lipinski definition) is 15. The lowest BCUT2D eigenvalue weighted by molar-refractivity contribution is -0.161. The van der Waals surface area contributed by atoms with Gasteiger partial charge in [0.1, 0.15) is 19.3 Å². The molecular formula is C89H174O17P2. The van der Waals surface area contributed by atoms with Gasteiger partial charge in [0.05, 0.1) is 26.4 Å². The van der Waals surface area contributed by atoms with Gasteiger partial charge < -0.3 is 33.8 Å². The molecule has 0 heterocycles. The van der Waals surface area contributed by atoms with Crippen molar-refractivity contribution in [1.29, 1.82) is 0 Å². The molecule has 3 N–H and O–H groups in total. The molecule has 0 bridgehead atoms. The number of carbonyl (C=O) groups is 4. The summed E-state index contributed by atoms with van der Waals surface area (Å²) in [6.45, 7) is 12.0. The van der Waals surface area contributed by atoms with Crippen LogP contribution in [0.4, 0.5) is 0 Å². The lowest BCUT2D eigenvalue weighted by Gasteiger charge is -2.21. The molecule has 0 saturated carbocycles. The second-order valence-corrected chi connectivity index (χ2v) is 36.3. The number of unbranched alkanes of at least 4 members (excludes halogenated alkanes) is 55. The Morgan fingerprint density at radius 1 is 0.250 bits per heavy atom. The second-order valence-electron chi connectivity index (χ2n) is 33.4. The van der Waals surface area contributed by atoms with E-state index in [2.05, 4.69) is 48.5 Å². The summed E-state index contributed by atoms with van der Waals surface area (Å²) in [6.07, 6.45) is 71.0. The third-order valence-corrected chi connectivity index (χ3v) is 22.8. The highest BCUT2D eigenvalue weighted by Gasteiger charge is 2.31. The molecule has 642 valence electrons. The fraction of sp³-hybridized carbons (Fsp3) is 0.955. The van der Waals surface area contributed by atoms with Crippen LogP contribution >= 0.6 is 15.6 Å². The fourth-order valence-corrected chi connectivity index (χ4v) is 15.5. The number of aliphatic hydroxyl groups excluding tert-OH is 1. The average molecular weight is 1580 g/mol. The molecule has 0 rings (SSSR count). The summed E-state index contributed by atoms with van der Waals surface area (Å²) in [4.78, 5) is 73.3. The maximum Gasteiger partial charge on any atom is 0.472 e. The van der Waals surface area contributed by atoms with Crippen LogP contribution in [0.3, 0.4) is 0 Å². The SMILES string of the molecule is CCCCCCCCCCCCCCCCCCCCCCC(=O)OC[C@H](COP(=O)(O)OC[C@@H](O)COP(=O)(O)OC[C@@H](COC(=O)CCCCCCCCCC(C)C)OC(=O)CCCCCCCCCCCCCCCCC(C)C)OC(=O)CCCCCCCCCCCCCCCCCCCCC(C)C. The Morgan fingerprint density at radius 2 is 0.426 bits per heavy atom. The molecule has 0 fully saturated rings. The van der Waals surface area contributed by atoms with Crippen LogP contribution < -0.4 is 0 Å². The third kappa shape index (κ3) is 82.1. The van der Waals surface area contributed by atoms with Gasteiger partial charge in [-0.25, -0.2) is 9.13 Å². The van der Waals surface area contributed by atoms with E-state index < -0.39 is 97.5 Å². The molecule has 0 spiro atoms. The first-order chi connectivity index (χ1) is 52.2. The number of carbonyl (C=O) groups excluding carboxylic acids is 4. The van der Waals surface area contributed by atoms with Gasteiger partial charge in [0.15, 0.2) is 12.2 Å². The first kappa shape index (κ1) is 106. The number of aliphatic hydroxyl groups is 1. The van der Waals surface area contributed by atoms with Crippen LogP contribution in [0.5, 0.6) is 0 Å². The third-order valence-electron chi connectivity index (χ3n) is 20.9. The predicted molar refractivity (Wildman–Crippen MR) is 446 cm³/mol. The molecule has 0 aliphatic rings. The second kappa shape index (κ2) is 78.9. The van der Waals surface area contributed by atoms with E-state index >= 15 is 0 Å². The molecule has 2 unspecified atom stereocenters. The van der Waals surface area contributed by atoms with Crippen LogP contribution in [0, 0.1) is 17.8 Å². The van der Waals surface area contributed by atoms with Crippen LogP contribution in [0.25, 0.3) is 0 Å². The molecule has 0 saturated heterocycles. The molecule has 5 atom stereocenters. The van der Waals surface area contributed by atoms with Crippen LogP contribution in [0.15, 0.2) is 0 Å². The van der Waals surface area contributed by atoms with E-state index in [1.165, 1.54) is 276 Å². The van der Waals surface area contributed by atoms with E-state index in [4.69, 9.17) is 37.0 Å². The van der Waals surface area contributed by atoms with Gasteiger partial charge in [-0.1, -0.05) is 421 Å². The summed E-state index contributed by atoms with van der Waals surface area (Å²) in [5.41, 5.74) is 0. The number of ether oxygens (including phenoxy) is 4. The van der Waals surface area contributed by atoms with Gasteiger partial charge in [-0.05, 0) is 43.4 Å². The molecule has 17 nitrogen and oxygen atoms in total. The Bertz CT molecular complexity index is 2080. The van der Waals surface area contributed by atoms with E-state index in [-0.39, 0.29) is 25.7 Å². The summed E-state index contributed by atoms with van der Waals surface area (Å²) in [5.74, 6) is 0.218. The molecular weight excluding hydrogens is 1400 g/mol. The maximum atomic E-state index is 13.2. The minimum absolute atomic E-state index is 0.107. The van der Waals surface area contributed by atoms with Gasteiger partial charge in [0.2, 0.25) is 0 Å². The first-order valence-electron chi connectivity index (χ1n) is 45.8. The summed E-state index contributed by atoms with van der Waals surface area (Å²) < 4.78 is 69.0. The Hall–Kier alpha value is -1.94. The number of esters is 4. The minimum Gasteiger partial charge on any atom is -0.462 e. The molecule has 0 aromatic rings. The summed E-state index contributed by atoms with van der Waals surface area (Å²) in [6, 6.07) is 0.